The summed E-state index contributed by atoms with van der Waals surface area (Å²) in [5, 5.41) is 4.71. The summed E-state index contributed by atoms with van der Waals surface area (Å²) < 4.78 is 0. The van der Waals surface area contributed by atoms with E-state index in [2.05, 4.69) is 10.3 Å². The Morgan fingerprint density at radius 2 is 1.80 bits per heavy atom. The maximum Gasteiger partial charge on any atom is 0.315 e. The first kappa shape index (κ1) is 14.4. The van der Waals surface area contributed by atoms with Crippen LogP contribution in [0.1, 0.15) is 12.6 Å². The number of nitrogens with one attached hydrogen (secondary N) is 1. The lowest BCUT2D eigenvalue weighted by atomic mass is 10.3. The molecule has 3 amide bonds. The van der Waals surface area contributed by atoms with Crippen LogP contribution in [0.5, 0.6) is 0 Å². The van der Waals surface area contributed by atoms with Gasteiger partial charge in [0.1, 0.15) is 0 Å². The van der Waals surface area contributed by atoms with Crippen LogP contribution in [0, 0.1) is 6.92 Å². The Morgan fingerprint density at radius 1 is 1.20 bits per heavy atom. The standard InChI is InChI=1S/C12H16N4O3S/c1-8-7-20-12(13-8)14-10(18)11(19)16-5-3-15(4-6-16)9(2)17/h7H,3-6H2,1-2H3,(H,13,14,18). The zero-order chi connectivity index (χ0) is 14.7. The molecule has 0 spiro atoms. The molecule has 1 aliphatic heterocycles. The number of carbonyl (C=O) groups excluding carboxylic acids is 3. The summed E-state index contributed by atoms with van der Waals surface area (Å²) in [7, 11) is 0. The summed E-state index contributed by atoms with van der Waals surface area (Å²) in [5.74, 6) is -1.28. The van der Waals surface area contributed by atoms with Gasteiger partial charge in [-0.2, -0.15) is 0 Å². The number of piperazine rings is 1. The molecule has 2 rings (SSSR count). The Morgan fingerprint density at radius 3 is 2.30 bits per heavy atom. The summed E-state index contributed by atoms with van der Waals surface area (Å²) in [6.07, 6.45) is 0. The number of aromatic nitrogens is 1. The monoisotopic (exact) mass is 296 g/mol. The molecule has 0 aliphatic carbocycles. The van der Waals surface area contributed by atoms with Gasteiger partial charge in [0.25, 0.3) is 0 Å². The summed E-state index contributed by atoms with van der Waals surface area (Å²) >= 11 is 1.28. The molecular formula is C12H16N4O3S. The molecule has 108 valence electrons. The third-order valence-corrected chi connectivity index (χ3v) is 3.92. The van der Waals surface area contributed by atoms with Gasteiger partial charge < -0.3 is 9.80 Å². The Bertz CT molecular complexity index is 535. The topological polar surface area (TPSA) is 82.6 Å². The van der Waals surface area contributed by atoms with Crippen molar-refractivity contribution in [3.63, 3.8) is 0 Å². The van der Waals surface area contributed by atoms with Crippen molar-refractivity contribution in [2.24, 2.45) is 0 Å². The van der Waals surface area contributed by atoms with Crippen LogP contribution in [0.25, 0.3) is 0 Å². The van der Waals surface area contributed by atoms with E-state index in [0.717, 1.165) is 5.69 Å². The van der Waals surface area contributed by atoms with Crippen molar-refractivity contribution in [1.82, 2.24) is 14.8 Å². The van der Waals surface area contributed by atoms with E-state index < -0.39 is 11.8 Å². The van der Waals surface area contributed by atoms with Crippen molar-refractivity contribution in [2.45, 2.75) is 13.8 Å². The van der Waals surface area contributed by atoms with Crippen LogP contribution < -0.4 is 5.32 Å². The third-order valence-electron chi connectivity index (χ3n) is 3.05. The van der Waals surface area contributed by atoms with Crippen LogP contribution in [0.4, 0.5) is 5.13 Å². The van der Waals surface area contributed by atoms with Gasteiger partial charge in [0.05, 0.1) is 5.69 Å². The second kappa shape index (κ2) is 6.00. The molecule has 1 aromatic rings. The fourth-order valence-corrected chi connectivity index (χ4v) is 2.61. The number of amides is 3. The zero-order valence-corrected chi connectivity index (χ0v) is 12.2. The van der Waals surface area contributed by atoms with E-state index in [-0.39, 0.29) is 5.91 Å². The van der Waals surface area contributed by atoms with Gasteiger partial charge >= 0.3 is 11.8 Å². The van der Waals surface area contributed by atoms with Gasteiger partial charge in [-0.15, -0.1) is 11.3 Å². The van der Waals surface area contributed by atoms with Gasteiger partial charge in [-0.1, -0.05) is 0 Å². The van der Waals surface area contributed by atoms with E-state index >= 15 is 0 Å². The first-order chi connectivity index (χ1) is 9.47. The lowest BCUT2D eigenvalue weighted by Gasteiger charge is -2.33. The molecule has 7 nitrogen and oxygen atoms in total. The minimum Gasteiger partial charge on any atom is -0.339 e. The first-order valence-electron chi connectivity index (χ1n) is 6.25. The predicted octanol–water partition coefficient (Wildman–Crippen LogP) is 0.0807. The normalized spacial score (nSPS) is 15.1. The van der Waals surface area contributed by atoms with Gasteiger partial charge in [-0.3, -0.25) is 19.7 Å². The van der Waals surface area contributed by atoms with E-state index in [1.165, 1.54) is 23.2 Å². The van der Waals surface area contributed by atoms with Gasteiger partial charge in [-0.05, 0) is 6.92 Å². The van der Waals surface area contributed by atoms with Crippen molar-refractivity contribution < 1.29 is 14.4 Å². The van der Waals surface area contributed by atoms with Crippen LogP contribution in [0.2, 0.25) is 0 Å². The SMILES string of the molecule is CC(=O)N1CCN(C(=O)C(=O)Nc2nc(C)cs2)CC1. The number of nitrogens with zero attached hydrogens (tertiary/aromatic N) is 3. The lowest BCUT2D eigenvalue weighted by Crippen LogP contribution is -2.52. The fraction of sp³-hybridized carbons (Fsp3) is 0.500. The van der Waals surface area contributed by atoms with Gasteiger partial charge in [0, 0.05) is 38.5 Å². The number of aryl methyl sites for hydroxylation is 1. The Kier molecular flexibility index (Phi) is 4.33. The van der Waals surface area contributed by atoms with Crippen LogP contribution in [0.3, 0.4) is 0 Å². The second-order valence-electron chi connectivity index (χ2n) is 4.55. The van der Waals surface area contributed by atoms with E-state index in [1.54, 1.807) is 10.3 Å². The number of carbonyl (C=O) groups is 3. The summed E-state index contributed by atoms with van der Waals surface area (Å²) in [6.45, 7) is 4.99. The maximum absolute atomic E-state index is 12.0. The second-order valence-corrected chi connectivity index (χ2v) is 5.40. The molecule has 2 heterocycles. The average Bonchev–Trinajstić information content (AvgIpc) is 2.83. The van der Waals surface area contributed by atoms with E-state index in [0.29, 0.717) is 31.3 Å². The summed E-state index contributed by atoms with van der Waals surface area (Å²) in [4.78, 5) is 42.2. The van der Waals surface area contributed by atoms with Crippen molar-refractivity contribution in [3.8, 4) is 0 Å². The molecule has 1 saturated heterocycles. The molecule has 0 radical (unpaired) electrons. The van der Waals surface area contributed by atoms with E-state index in [1.807, 2.05) is 6.92 Å². The molecule has 0 aromatic carbocycles. The van der Waals surface area contributed by atoms with Crippen LogP contribution in [-0.2, 0) is 14.4 Å². The van der Waals surface area contributed by atoms with Crippen molar-refractivity contribution >= 4 is 34.2 Å². The van der Waals surface area contributed by atoms with Crippen LogP contribution >= 0.6 is 11.3 Å². The molecular weight excluding hydrogens is 280 g/mol. The molecule has 1 aromatic heterocycles. The highest BCUT2D eigenvalue weighted by atomic mass is 32.1. The first-order valence-corrected chi connectivity index (χ1v) is 7.13. The average molecular weight is 296 g/mol. The minimum atomic E-state index is -0.685. The van der Waals surface area contributed by atoms with Gasteiger partial charge in [0.2, 0.25) is 5.91 Å². The maximum atomic E-state index is 12.0. The molecule has 1 N–H and O–H groups in total. The van der Waals surface area contributed by atoms with Crippen molar-refractivity contribution in [2.75, 3.05) is 31.5 Å². The molecule has 0 unspecified atom stereocenters. The molecule has 0 bridgehead atoms. The quantitative estimate of drug-likeness (QED) is 0.744. The fourth-order valence-electron chi connectivity index (χ4n) is 1.93. The number of rotatable bonds is 1. The highest BCUT2D eigenvalue weighted by molar-refractivity contribution is 7.14. The molecule has 20 heavy (non-hydrogen) atoms. The molecule has 1 aliphatic rings. The highest BCUT2D eigenvalue weighted by Gasteiger charge is 2.27. The van der Waals surface area contributed by atoms with E-state index in [9.17, 15) is 14.4 Å². The highest BCUT2D eigenvalue weighted by Crippen LogP contribution is 2.14. The summed E-state index contributed by atoms with van der Waals surface area (Å²) in [6, 6.07) is 0. The Labute approximate surface area is 120 Å². The van der Waals surface area contributed by atoms with Crippen molar-refractivity contribution in [3.05, 3.63) is 11.1 Å². The summed E-state index contributed by atoms with van der Waals surface area (Å²) in [5.41, 5.74) is 0.799. The molecule has 1 fully saturated rings. The smallest absolute Gasteiger partial charge is 0.315 e. The molecule has 0 saturated carbocycles. The van der Waals surface area contributed by atoms with Gasteiger partial charge in [0.15, 0.2) is 5.13 Å². The van der Waals surface area contributed by atoms with E-state index in [4.69, 9.17) is 0 Å². The van der Waals surface area contributed by atoms with Crippen LogP contribution in [0.15, 0.2) is 5.38 Å². The number of anilines is 1. The minimum absolute atomic E-state index is 0.0141. The third kappa shape index (κ3) is 3.32. The Hall–Kier alpha value is -1.96. The van der Waals surface area contributed by atoms with Gasteiger partial charge in [-0.25, -0.2) is 4.98 Å². The molecule has 0 atom stereocenters. The molecule has 8 heteroatoms. The lowest BCUT2D eigenvalue weighted by molar-refractivity contribution is -0.145. The number of hydrogen-bond donors (Lipinski definition) is 1. The number of hydrogen-bond acceptors (Lipinski definition) is 5. The zero-order valence-electron chi connectivity index (χ0n) is 11.4. The van der Waals surface area contributed by atoms with Crippen molar-refractivity contribution in [1.29, 1.82) is 0 Å². The predicted molar refractivity (Wildman–Crippen MR) is 74.3 cm³/mol. The van der Waals surface area contributed by atoms with Crippen LogP contribution in [-0.4, -0.2) is 58.7 Å². The Balaban J connectivity index is 1.88. The largest absolute Gasteiger partial charge is 0.339 e. The number of thiazole rings is 1.